The normalized spacial score (nSPS) is 18.1. The number of benzene rings is 1. The first-order valence-corrected chi connectivity index (χ1v) is 7.39. The summed E-state index contributed by atoms with van der Waals surface area (Å²) >= 11 is 0. The average molecular weight is 329 g/mol. The van der Waals surface area contributed by atoms with Crippen molar-refractivity contribution < 1.29 is 14.6 Å². The molecule has 1 aliphatic heterocycles. The number of amides is 1. The molecular weight excluding hydrogens is 304 g/mol. The van der Waals surface area contributed by atoms with Gasteiger partial charge in [-0.1, -0.05) is 30.3 Å². The molecule has 0 bridgehead atoms. The van der Waals surface area contributed by atoms with E-state index in [-0.39, 0.29) is 24.9 Å². The Morgan fingerprint density at radius 2 is 2.00 bits per heavy atom. The van der Waals surface area contributed by atoms with Crippen molar-refractivity contribution in [2.75, 3.05) is 33.4 Å². The highest BCUT2D eigenvalue weighted by Gasteiger charge is 2.39. The summed E-state index contributed by atoms with van der Waals surface area (Å²) in [4.78, 5) is 12.5. The number of rotatable bonds is 6. The Morgan fingerprint density at radius 1 is 1.36 bits per heavy atom. The maximum Gasteiger partial charge on any atom is 0.228 e. The number of aliphatic hydroxyl groups excluding tert-OH is 1. The Bertz CT molecular complexity index is 444. The van der Waals surface area contributed by atoms with Gasteiger partial charge >= 0.3 is 0 Å². The number of ether oxygens (including phenoxy) is 1. The molecule has 1 aliphatic rings. The molecule has 1 fully saturated rings. The maximum atomic E-state index is 12.5. The summed E-state index contributed by atoms with van der Waals surface area (Å²) in [5.74, 6) is -0.0270. The van der Waals surface area contributed by atoms with E-state index in [9.17, 15) is 9.90 Å². The van der Waals surface area contributed by atoms with E-state index < -0.39 is 11.5 Å². The molecule has 6 heteroatoms. The van der Waals surface area contributed by atoms with Gasteiger partial charge in [-0.25, -0.2) is 0 Å². The molecule has 1 saturated heterocycles. The molecule has 0 aromatic heterocycles. The molecule has 0 aliphatic carbocycles. The summed E-state index contributed by atoms with van der Waals surface area (Å²) in [6, 6.07) is 9.36. The van der Waals surface area contributed by atoms with Crippen molar-refractivity contribution in [3.05, 3.63) is 35.9 Å². The minimum Gasteiger partial charge on any atom is -0.387 e. The van der Waals surface area contributed by atoms with Gasteiger partial charge in [0.15, 0.2) is 0 Å². The fourth-order valence-corrected chi connectivity index (χ4v) is 2.79. The van der Waals surface area contributed by atoms with Crippen LogP contribution in [0.15, 0.2) is 30.3 Å². The van der Waals surface area contributed by atoms with Crippen LogP contribution in [0, 0.1) is 5.41 Å². The van der Waals surface area contributed by atoms with E-state index in [4.69, 9.17) is 4.74 Å². The van der Waals surface area contributed by atoms with E-state index in [1.807, 2.05) is 30.3 Å². The molecule has 2 rings (SSSR count). The van der Waals surface area contributed by atoms with Crippen molar-refractivity contribution in [2.45, 2.75) is 18.9 Å². The molecule has 0 spiro atoms. The first kappa shape index (κ1) is 18.9. The summed E-state index contributed by atoms with van der Waals surface area (Å²) in [7, 11) is 1.62. The van der Waals surface area contributed by atoms with Gasteiger partial charge in [-0.2, -0.15) is 0 Å². The molecule has 1 aromatic carbocycles. The Labute approximate surface area is 137 Å². The quantitative estimate of drug-likeness (QED) is 0.735. The first-order chi connectivity index (χ1) is 10.2. The number of nitrogens with one attached hydrogen (secondary N) is 2. The van der Waals surface area contributed by atoms with E-state index in [1.54, 1.807) is 7.11 Å². The third-order valence-electron chi connectivity index (χ3n) is 4.10. The lowest BCUT2D eigenvalue weighted by atomic mass is 9.78. The van der Waals surface area contributed by atoms with Crippen molar-refractivity contribution in [3.8, 4) is 0 Å². The molecule has 3 N–H and O–H groups in total. The predicted octanol–water partition coefficient (Wildman–Crippen LogP) is 1.27. The third kappa shape index (κ3) is 4.68. The van der Waals surface area contributed by atoms with Crippen molar-refractivity contribution in [3.63, 3.8) is 0 Å². The van der Waals surface area contributed by atoms with Gasteiger partial charge in [0.25, 0.3) is 0 Å². The number of hydrogen-bond acceptors (Lipinski definition) is 4. The second-order valence-electron chi connectivity index (χ2n) is 5.60. The molecule has 124 valence electrons. The Hall–Kier alpha value is -1.14. The summed E-state index contributed by atoms with van der Waals surface area (Å²) in [6.45, 7) is 2.28. The van der Waals surface area contributed by atoms with Crippen molar-refractivity contribution >= 4 is 18.3 Å². The van der Waals surface area contributed by atoms with Gasteiger partial charge in [-0.15, -0.1) is 12.4 Å². The minimum atomic E-state index is -0.684. The fourth-order valence-electron chi connectivity index (χ4n) is 2.79. The van der Waals surface area contributed by atoms with Gasteiger partial charge in [0.05, 0.1) is 18.1 Å². The van der Waals surface area contributed by atoms with E-state index in [1.165, 1.54) is 0 Å². The Morgan fingerprint density at radius 3 is 2.59 bits per heavy atom. The second-order valence-corrected chi connectivity index (χ2v) is 5.60. The van der Waals surface area contributed by atoms with Crippen molar-refractivity contribution in [2.24, 2.45) is 5.41 Å². The second kappa shape index (κ2) is 9.10. The number of hydrogen-bond donors (Lipinski definition) is 3. The van der Waals surface area contributed by atoms with E-state index >= 15 is 0 Å². The van der Waals surface area contributed by atoms with E-state index in [2.05, 4.69) is 10.6 Å². The van der Waals surface area contributed by atoms with E-state index in [0.717, 1.165) is 31.5 Å². The van der Waals surface area contributed by atoms with Crippen LogP contribution in [-0.2, 0) is 9.53 Å². The molecule has 1 aromatic rings. The summed E-state index contributed by atoms with van der Waals surface area (Å²) in [5, 5.41) is 16.3. The first-order valence-electron chi connectivity index (χ1n) is 7.39. The molecule has 0 radical (unpaired) electrons. The zero-order valence-corrected chi connectivity index (χ0v) is 13.7. The summed E-state index contributed by atoms with van der Waals surface area (Å²) in [5.41, 5.74) is 0.333. The summed E-state index contributed by atoms with van der Waals surface area (Å²) in [6.07, 6.45) is 0.832. The molecule has 1 heterocycles. The number of halogens is 1. The SMILES string of the molecule is COCC1(C(=O)NCC(O)c2ccccc2)CCNCC1.Cl. The van der Waals surface area contributed by atoms with Crippen LogP contribution >= 0.6 is 12.4 Å². The Balaban J connectivity index is 0.00000242. The van der Waals surface area contributed by atoms with Gasteiger partial charge < -0.3 is 20.5 Å². The molecule has 1 amide bonds. The average Bonchev–Trinajstić information content (AvgIpc) is 2.54. The molecule has 0 saturated carbocycles. The van der Waals surface area contributed by atoms with Crippen LogP contribution in [0.3, 0.4) is 0 Å². The monoisotopic (exact) mass is 328 g/mol. The summed E-state index contributed by atoms with van der Waals surface area (Å²) < 4.78 is 5.25. The van der Waals surface area contributed by atoms with Crippen molar-refractivity contribution in [1.82, 2.24) is 10.6 Å². The van der Waals surface area contributed by atoms with Crippen LogP contribution in [0.4, 0.5) is 0 Å². The number of aliphatic hydroxyl groups is 1. The van der Waals surface area contributed by atoms with E-state index in [0.29, 0.717) is 6.61 Å². The zero-order valence-electron chi connectivity index (χ0n) is 12.9. The highest BCUT2D eigenvalue weighted by Crippen LogP contribution is 2.29. The van der Waals surface area contributed by atoms with Crippen LogP contribution in [-0.4, -0.2) is 44.4 Å². The standard InChI is InChI=1S/C16H24N2O3.ClH/c1-21-12-16(7-9-17-10-8-16)15(20)18-11-14(19)13-5-3-2-4-6-13;/h2-6,14,17,19H,7-12H2,1H3,(H,18,20);1H. The topological polar surface area (TPSA) is 70.6 Å². The number of methoxy groups -OCH3 is 1. The van der Waals surface area contributed by atoms with Crippen LogP contribution in [0.2, 0.25) is 0 Å². The van der Waals surface area contributed by atoms with Crippen LogP contribution in [0.25, 0.3) is 0 Å². The molecular formula is C16H25ClN2O3. The number of carbonyl (C=O) groups is 1. The molecule has 1 atom stereocenters. The molecule has 1 unspecified atom stereocenters. The number of carbonyl (C=O) groups excluding carboxylic acids is 1. The van der Waals surface area contributed by atoms with Crippen LogP contribution < -0.4 is 10.6 Å². The smallest absolute Gasteiger partial charge is 0.228 e. The molecule has 5 nitrogen and oxygen atoms in total. The van der Waals surface area contributed by atoms with Gasteiger partial charge in [-0.05, 0) is 31.5 Å². The third-order valence-corrected chi connectivity index (χ3v) is 4.10. The van der Waals surface area contributed by atoms with Gasteiger partial charge in [0.1, 0.15) is 0 Å². The largest absolute Gasteiger partial charge is 0.387 e. The highest BCUT2D eigenvalue weighted by atomic mass is 35.5. The fraction of sp³-hybridized carbons (Fsp3) is 0.562. The zero-order chi connectivity index (χ0) is 15.1. The van der Waals surface area contributed by atoms with Crippen molar-refractivity contribution in [1.29, 1.82) is 0 Å². The lowest BCUT2D eigenvalue weighted by molar-refractivity contribution is -0.136. The number of piperidine rings is 1. The molecule has 22 heavy (non-hydrogen) atoms. The minimum absolute atomic E-state index is 0. The Kier molecular flexibility index (Phi) is 7.82. The lowest BCUT2D eigenvalue weighted by Crippen LogP contribution is -2.50. The van der Waals surface area contributed by atoms with Gasteiger partial charge in [0, 0.05) is 13.7 Å². The van der Waals surface area contributed by atoms with Crippen LogP contribution in [0.5, 0.6) is 0 Å². The van der Waals surface area contributed by atoms with Gasteiger partial charge in [0.2, 0.25) is 5.91 Å². The van der Waals surface area contributed by atoms with Crippen LogP contribution in [0.1, 0.15) is 24.5 Å². The lowest BCUT2D eigenvalue weighted by Gasteiger charge is -2.35. The van der Waals surface area contributed by atoms with Gasteiger partial charge in [-0.3, -0.25) is 4.79 Å². The predicted molar refractivity (Wildman–Crippen MR) is 88.1 cm³/mol. The maximum absolute atomic E-state index is 12.5. The highest BCUT2D eigenvalue weighted by molar-refractivity contribution is 5.85.